The van der Waals surface area contributed by atoms with Crippen LogP contribution in [0.2, 0.25) is 0 Å². The molecule has 0 bridgehead atoms. The molecule has 0 spiro atoms. The molecule has 28 heavy (non-hydrogen) atoms. The molecule has 0 unspecified atom stereocenters. The van der Waals surface area contributed by atoms with Crippen LogP contribution in [0.15, 0.2) is 34.3 Å². The summed E-state index contributed by atoms with van der Waals surface area (Å²) in [6.45, 7) is 4.18. The number of furan rings is 1. The van der Waals surface area contributed by atoms with Crippen LogP contribution >= 0.6 is 11.3 Å². The molecule has 146 valence electrons. The number of aromatic nitrogens is 1. The highest BCUT2D eigenvalue weighted by Crippen LogP contribution is 2.30. The number of fused-ring (bicyclic) bond motifs is 1. The third-order valence-electron chi connectivity index (χ3n) is 5.38. The van der Waals surface area contributed by atoms with E-state index in [1.165, 1.54) is 11.3 Å². The van der Waals surface area contributed by atoms with Crippen molar-refractivity contribution in [3.05, 3.63) is 68.6 Å². The fourth-order valence-corrected chi connectivity index (χ4v) is 4.95. The van der Waals surface area contributed by atoms with E-state index in [9.17, 15) is 9.59 Å². The summed E-state index contributed by atoms with van der Waals surface area (Å²) in [5.74, 6) is 0.253. The zero-order valence-electron chi connectivity index (χ0n) is 16.1. The number of hydrogen-bond donors (Lipinski definition) is 0. The van der Waals surface area contributed by atoms with Crippen molar-refractivity contribution in [2.75, 3.05) is 6.61 Å². The van der Waals surface area contributed by atoms with E-state index < -0.39 is 5.97 Å². The maximum Gasteiger partial charge on any atom is 0.339 e. The Morgan fingerprint density at radius 1 is 1.21 bits per heavy atom. The van der Waals surface area contributed by atoms with E-state index >= 15 is 0 Å². The van der Waals surface area contributed by atoms with E-state index in [-0.39, 0.29) is 12.4 Å². The molecule has 1 aliphatic carbocycles. The second kappa shape index (κ2) is 7.80. The van der Waals surface area contributed by atoms with E-state index in [0.717, 1.165) is 42.0 Å². The molecule has 3 aromatic rings. The molecule has 0 atom stereocenters. The average Bonchev–Trinajstić information content (AvgIpc) is 3.42. The van der Waals surface area contributed by atoms with Gasteiger partial charge in [0.1, 0.15) is 5.76 Å². The Morgan fingerprint density at radius 3 is 2.82 bits per heavy atom. The van der Waals surface area contributed by atoms with E-state index in [4.69, 9.17) is 9.15 Å². The predicted molar refractivity (Wildman–Crippen MR) is 107 cm³/mol. The number of ether oxygens (including phenoxy) is 1. The summed E-state index contributed by atoms with van der Waals surface area (Å²) in [7, 11) is 0. The van der Waals surface area contributed by atoms with Crippen molar-refractivity contribution in [2.24, 2.45) is 0 Å². The largest absolute Gasteiger partial charge is 0.467 e. The first kappa shape index (κ1) is 18.7. The lowest BCUT2D eigenvalue weighted by Crippen LogP contribution is -2.16. The molecular formula is C22H23NO4S. The van der Waals surface area contributed by atoms with Gasteiger partial charge in [0.2, 0.25) is 5.78 Å². The predicted octanol–water partition coefficient (Wildman–Crippen LogP) is 4.73. The van der Waals surface area contributed by atoms with Gasteiger partial charge in [0.25, 0.3) is 0 Å². The molecule has 0 aromatic carbocycles. The van der Waals surface area contributed by atoms with Crippen molar-refractivity contribution >= 4 is 23.1 Å². The molecule has 4 rings (SSSR count). The number of esters is 1. The summed E-state index contributed by atoms with van der Waals surface area (Å²) in [4.78, 5) is 26.5. The molecular weight excluding hydrogens is 374 g/mol. The van der Waals surface area contributed by atoms with Gasteiger partial charge in [-0.3, -0.25) is 4.79 Å². The van der Waals surface area contributed by atoms with Crippen LogP contribution in [0.5, 0.6) is 0 Å². The van der Waals surface area contributed by atoms with E-state index in [1.54, 1.807) is 17.6 Å². The minimum Gasteiger partial charge on any atom is -0.467 e. The molecule has 1 aliphatic rings. The molecule has 0 radical (unpaired) electrons. The minimum absolute atomic E-state index is 0.184. The van der Waals surface area contributed by atoms with Crippen molar-refractivity contribution in [1.29, 1.82) is 0 Å². The average molecular weight is 397 g/mol. The molecule has 0 amide bonds. The summed E-state index contributed by atoms with van der Waals surface area (Å²) in [5.41, 5.74) is 4.16. The van der Waals surface area contributed by atoms with Crippen LogP contribution in [0.4, 0.5) is 0 Å². The van der Waals surface area contributed by atoms with Gasteiger partial charge in [0.15, 0.2) is 6.61 Å². The van der Waals surface area contributed by atoms with Gasteiger partial charge in [-0.2, -0.15) is 0 Å². The number of nitrogens with zero attached hydrogens (tertiary/aromatic N) is 1. The maximum absolute atomic E-state index is 12.7. The Hall–Kier alpha value is -2.60. The fraction of sp³-hybridized carbons (Fsp3) is 0.364. The van der Waals surface area contributed by atoms with Crippen LogP contribution in [-0.2, 0) is 24.1 Å². The SMILES string of the molecule is Cc1cc(C(=O)COC(=O)c2csc3c2CCCC3)c(C)n1Cc1ccco1. The summed E-state index contributed by atoms with van der Waals surface area (Å²) < 4.78 is 12.8. The van der Waals surface area contributed by atoms with Crippen molar-refractivity contribution in [2.45, 2.75) is 46.1 Å². The first-order valence-electron chi connectivity index (χ1n) is 9.53. The third kappa shape index (κ3) is 3.56. The second-order valence-corrected chi connectivity index (χ2v) is 8.17. The Labute approximate surface area is 167 Å². The smallest absolute Gasteiger partial charge is 0.339 e. The number of aryl methyl sites for hydroxylation is 2. The lowest BCUT2D eigenvalue weighted by Gasteiger charge is -2.12. The normalized spacial score (nSPS) is 13.4. The van der Waals surface area contributed by atoms with Crippen molar-refractivity contribution in [3.63, 3.8) is 0 Å². The van der Waals surface area contributed by atoms with Gasteiger partial charge < -0.3 is 13.7 Å². The lowest BCUT2D eigenvalue weighted by atomic mass is 9.96. The lowest BCUT2D eigenvalue weighted by molar-refractivity contribution is 0.0474. The molecule has 0 N–H and O–H groups in total. The van der Waals surface area contributed by atoms with Gasteiger partial charge >= 0.3 is 5.97 Å². The van der Waals surface area contributed by atoms with E-state index in [1.807, 2.05) is 42.0 Å². The number of rotatable bonds is 6. The number of ketones is 1. The zero-order valence-corrected chi connectivity index (χ0v) is 16.9. The standard InChI is InChI=1S/C22H23NO4S/c1-14-10-18(15(2)23(14)11-16-6-5-9-26-16)20(24)12-27-22(25)19-13-28-21-8-4-3-7-17(19)21/h5-6,9-10,13H,3-4,7-8,11-12H2,1-2H3. The molecule has 6 heteroatoms. The van der Waals surface area contributed by atoms with Gasteiger partial charge in [-0.05, 0) is 63.3 Å². The quantitative estimate of drug-likeness (QED) is 0.446. The summed E-state index contributed by atoms with van der Waals surface area (Å²) in [6.07, 6.45) is 5.87. The van der Waals surface area contributed by atoms with Crippen LogP contribution in [0.3, 0.4) is 0 Å². The van der Waals surface area contributed by atoms with Crippen molar-refractivity contribution in [1.82, 2.24) is 4.57 Å². The number of Topliss-reactive ketones (excluding diaryl/α,β-unsaturated/α-hetero) is 1. The van der Waals surface area contributed by atoms with Crippen LogP contribution in [0.25, 0.3) is 0 Å². The second-order valence-electron chi connectivity index (χ2n) is 7.21. The van der Waals surface area contributed by atoms with Gasteiger partial charge in [-0.1, -0.05) is 0 Å². The van der Waals surface area contributed by atoms with Gasteiger partial charge in [-0.25, -0.2) is 4.79 Å². The molecule has 5 nitrogen and oxygen atoms in total. The topological polar surface area (TPSA) is 61.4 Å². The number of hydrogen-bond acceptors (Lipinski definition) is 5. The summed E-state index contributed by atoms with van der Waals surface area (Å²) in [6, 6.07) is 5.60. The van der Waals surface area contributed by atoms with E-state index in [0.29, 0.717) is 17.7 Å². The highest BCUT2D eigenvalue weighted by atomic mass is 32.1. The summed E-state index contributed by atoms with van der Waals surface area (Å²) >= 11 is 1.62. The minimum atomic E-state index is -0.392. The molecule has 0 aliphatic heterocycles. The van der Waals surface area contributed by atoms with Crippen LogP contribution in [0.1, 0.15) is 61.1 Å². The van der Waals surface area contributed by atoms with Crippen molar-refractivity contribution in [3.8, 4) is 0 Å². The maximum atomic E-state index is 12.7. The monoisotopic (exact) mass is 397 g/mol. The van der Waals surface area contributed by atoms with Crippen LogP contribution in [-0.4, -0.2) is 22.9 Å². The van der Waals surface area contributed by atoms with Crippen LogP contribution in [0, 0.1) is 13.8 Å². The van der Waals surface area contributed by atoms with E-state index in [2.05, 4.69) is 0 Å². The Morgan fingerprint density at radius 2 is 2.04 bits per heavy atom. The first-order chi connectivity index (χ1) is 13.5. The molecule has 0 saturated heterocycles. The number of carbonyl (C=O) groups excluding carboxylic acids is 2. The highest BCUT2D eigenvalue weighted by Gasteiger charge is 2.23. The number of thiophene rings is 1. The van der Waals surface area contributed by atoms with Gasteiger partial charge in [0, 0.05) is 27.2 Å². The number of carbonyl (C=O) groups is 2. The molecule has 0 fully saturated rings. The van der Waals surface area contributed by atoms with Gasteiger partial charge in [0.05, 0.1) is 18.4 Å². The summed E-state index contributed by atoms with van der Waals surface area (Å²) in [5, 5.41) is 1.87. The Balaban J connectivity index is 1.44. The molecule has 3 aromatic heterocycles. The third-order valence-corrected chi connectivity index (χ3v) is 6.47. The fourth-order valence-electron chi connectivity index (χ4n) is 3.84. The van der Waals surface area contributed by atoms with Gasteiger partial charge in [-0.15, -0.1) is 11.3 Å². The zero-order chi connectivity index (χ0) is 19.7. The molecule has 0 saturated carbocycles. The van der Waals surface area contributed by atoms with Crippen molar-refractivity contribution < 1.29 is 18.7 Å². The Bertz CT molecular complexity index is 1010. The first-order valence-corrected chi connectivity index (χ1v) is 10.4. The Kier molecular flexibility index (Phi) is 5.22. The highest BCUT2D eigenvalue weighted by molar-refractivity contribution is 7.10. The van der Waals surface area contributed by atoms with Crippen LogP contribution < -0.4 is 0 Å². The molecule has 3 heterocycles.